The number of carbonyl (C=O) groups excluding carboxylic acids is 1. The number of rotatable bonds is 6. The quantitative estimate of drug-likeness (QED) is 0.761. The van der Waals surface area contributed by atoms with Crippen LogP contribution in [0.5, 0.6) is 5.75 Å². The fourth-order valence-corrected chi connectivity index (χ4v) is 1.73. The van der Waals surface area contributed by atoms with Gasteiger partial charge in [-0.2, -0.15) is 0 Å². The van der Waals surface area contributed by atoms with Gasteiger partial charge < -0.3 is 9.47 Å². The molecule has 2 aromatic rings. The van der Waals surface area contributed by atoms with Crippen LogP contribution < -0.4 is 4.74 Å². The second-order valence-corrected chi connectivity index (χ2v) is 4.66. The molecule has 0 atom stereocenters. The predicted octanol–water partition coefficient (Wildman–Crippen LogP) is 3.65. The van der Waals surface area contributed by atoms with Crippen LogP contribution >= 0.6 is 0 Å². The monoisotopic (exact) mass is 288 g/mol. The molecule has 0 radical (unpaired) electrons. The molecule has 110 valence electrons. The van der Waals surface area contributed by atoms with E-state index in [-0.39, 0.29) is 25.5 Å². The van der Waals surface area contributed by atoms with Crippen molar-refractivity contribution in [1.82, 2.24) is 0 Å². The summed E-state index contributed by atoms with van der Waals surface area (Å²) in [5.41, 5.74) is 1.51. The van der Waals surface area contributed by atoms with E-state index in [0.29, 0.717) is 11.3 Å². The van der Waals surface area contributed by atoms with Gasteiger partial charge in [-0.15, -0.1) is 0 Å². The molecule has 2 aromatic carbocycles. The fraction of sp³-hybridized carbons (Fsp3) is 0.235. The minimum absolute atomic E-state index is 0.0595. The molecule has 0 aliphatic heterocycles. The maximum atomic E-state index is 13.3. The van der Waals surface area contributed by atoms with Crippen molar-refractivity contribution in [3.8, 4) is 5.75 Å². The molecule has 21 heavy (non-hydrogen) atoms. The second kappa shape index (κ2) is 7.43. The van der Waals surface area contributed by atoms with E-state index in [2.05, 4.69) is 0 Å². The molecule has 0 amide bonds. The molecule has 4 heteroatoms. The summed E-state index contributed by atoms with van der Waals surface area (Å²) in [7, 11) is 0. The van der Waals surface area contributed by atoms with Crippen molar-refractivity contribution < 1.29 is 18.7 Å². The maximum Gasteiger partial charge on any atom is 0.309 e. The molecule has 0 N–H and O–H groups in total. The van der Waals surface area contributed by atoms with Crippen molar-refractivity contribution in [3.05, 3.63) is 65.5 Å². The summed E-state index contributed by atoms with van der Waals surface area (Å²) < 4.78 is 23.8. The predicted molar refractivity (Wildman–Crippen MR) is 77.5 cm³/mol. The van der Waals surface area contributed by atoms with Crippen molar-refractivity contribution in [1.29, 1.82) is 0 Å². The van der Waals surface area contributed by atoms with Crippen molar-refractivity contribution >= 4 is 5.97 Å². The van der Waals surface area contributed by atoms with Gasteiger partial charge in [0.25, 0.3) is 0 Å². The zero-order valence-electron chi connectivity index (χ0n) is 11.8. The minimum atomic E-state index is -0.412. The van der Waals surface area contributed by atoms with Gasteiger partial charge in [0.15, 0.2) is 0 Å². The van der Waals surface area contributed by atoms with Crippen LogP contribution in [0, 0.1) is 12.7 Å². The molecular formula is C17H17FO3. The van der Waals surface area contributed by atoms with Crippen LogP contribution in [0.4, 0.5) is 4.39 Å². The third-order valence-electron chi connectivity index (χ3n) is 2.94. The summed E-state index contributed by atoms with van der Waals surface area (Å²) >= 11 is 0. The number of benzene rings is 2. The highest BCUT2D eigenvalue weighted by atomic mass is 19.1. The minimum Gasteiger partial charge on any atom is -0.493 e. The van der Waals surface area contributed by atoms with E-state index in [4.69, 9.17) is 9.47 Å². The highest BCUT2D eigenvalue weighted by molar-refractivity contribution is 5.69. The Balaban J connectivity index is 1.70. The lowest BCUT2D eigenvalue weighted by atomic mass is 10.2. The molecule has 3 nitrogen and oxygen atoms in total. The molecule has 0 fully saturated rings. The highest BCUT2D eigenvalue weighted by Gasteiger charge is 2.06. The van der Waals surface area contributed by atoms with E-state index in [1.807, 2.05) is 31.2 Å². The molecule has 2 rings (SSSR count). The van der Waals surface area contributed by atoms with E-state index in [0.717, 1.165) is 5.56 Å². The first-order valence-electron chi connectivity index (χ1n) is 6.73. The molecule has 0 saturated carbocycles. The Morgan fingerprint density at radius 1 is 1.10 bits per heavy atom. The van der Waals surface area contributed by atoms with Crippen LogP contribution in [-0.4, -0.2) is 12.6 Å². The number of esters is 1. The molecule has 0 unspecified atom stereocenters. The van der Waals surface area contributed by atoms with E-state index < -0.39 is 5.97 Å². The maximum absolute atomic E-state index is 13.3. The molecule has 0 aliphatic rings. The fourth-order valence-electron chi connectivity index (χ4n) is 1.73. The van der Waals surface area contributed by atoms with Gasteiger partial charge in [0.1, 0.15) is 18.2 Å². The zero-order valence-corrected chi connectivity index (χ0v) is 11.8. The number of halogens is 1. The Morgan fingerprint density at radius 3 is 2.52 bits per heavy atom. The first-order valence-corrected chi connectivity index (χ1v) is 6.73. The summed E-state index contributed by atoms with van der Waals surface area (Å²) in [5.74, 6) is -0.0749. The molecule has 0 aliphatic carbocycles. The summed E-state index contributed by atoms with van der Waals surface area (Å²) in [6.07, 6.45) is 0.127. The third kappa shape index (κ3) is 4.91. The number of hydrogen-bond donors (Lipinski definition) is 0. The third-order valence-corrected chi connectivity index (χ3v) is 2.94. The van der Waals surface area contributed by atoms with E-state index >= 15 is 0 Å². The topological polar surface area (TPSA) is 35.5 Å². The van der Waals surface area contributed by atoms with Gasteiger partial charge in [-0.1, -0.05) is 35.9 Å². The van der Waals surface area contributed by atoms with Crippen molar-refractivity contribution in [2.24, 2.45) is 0 Å². The van der Waals surface area contributed by atoms with Crippen molar-refractivity contribution in [2.45, 2.75) is 20.0 Å². The standard InChI is InChI=1S/C17H17FO3/c1-13-6-8-15(9-7-13)20-11-10-17(19)21-12-14-4-2-3-5-16(14)18/h2-9H,10-12H2,1H3. The van der Waals surface area contributed by atoms with Crippen molar-refractivity contribution in [2.75, 3.05) is 6.61 Å². The van der Waals surface area contributed by atoms with E-state index in [1.165, 1.54) is 6.07 Å². The second-order valence-electron chi connectivity index (χ2n) is 4.66. The first kappa shape index (κ1) is 15.0. The Kier molecular flexibility index (Phi) is 5.32. The smallest absolute Gasteiger partial charge is 0.309 e. The van der Waals surface area contributed by atoms with Crippen LogP contribution in [0.15, 0.2) is 48.5 Å². The van der Waals surface area contributed by atoms with Gasteiger partial charge in [-0.05, 0) is 25.1 Å². The van der Waals surface area contributed by atoms with E-state index in [1.54, 1.807) is 18.2 Å². The Morgan fingerprint density at radius 2 is 1.81 bits per heavy atom. The molecule has 0 bridgehead atoms. The van der Waals surface area contributed by atoms with Crippen LogP contribution in [0.2, 0.25) is 0 Å². The summed E-state index contributed by atoms with van der Waals surface area (Å²) in [4.78, 5) is 11.5. The van der Waals surface area contributed by atoms with Gasteiger partial charge in [0.2, 0.25) is 0 Å². The van der Waals surface area contributed by atoms with Gasteiger partial charge in [0.05, 0.1) is 13.0 Å². The van der Waals surface area contributed by atoms with E-state index in [9.17, 15) is 9.18 Å². The SMILES string of the molecule is Cc1ccc(OCCC(=O)OCc2ccccc2F)cc1. The summed E-state index contributed by atoms with van der Waals surface area (Å²) in [6.45, 7) is 2.17. The number of carbonyl (C=O) groups is 1. The van der Waals surface area contributed by atoms with Gasteiger partial charge in [-0.3, -0.25) is 4.79 Å². The lowest BCUT2D eigenvalue weighted by Crippen LogP contribution is -2.10. The highest BCUT2D eigenvalue weighted by Crippen LogP contribution is 2.12. The summed E-state index contributed by atoms with van der Waals surface area (Å²) in [6, 6.07) is 13.8. The van der Waals surface area contributed by atoms with Crippen LogP contribution in [0.25, 0.3) is 0 Å². The average molecular weight is 288 g/mol. The summed E-state index contributed by atoms with van der Waals surface area (Å²) in [5, 5.41) is 0. The van der Waals surface area contributed by atoms with Crippen LogP contribution in [-0.2, 0) is 16.1 Å². The normalized spacial score (nSPS) is 10.2. The largest absolute Gasteiger partial charge is 0.493 e. The Bertz CT molecular complexity index is 593. The number of ether oxygens (including phenoxy) is 2. The first-order chi connectivity index (χ1) is 10.1. The lowest BCUT2D eigenvalue weighted by molar-refractivity contribution is -0.145. The van der Waals surface area contributed by atoms with Gasteiger partial charge >= 0.3 is 5.97 Å². The Labute approximate surface area is 123 Å². The molecule has 0 aromatic heterocycles. The number of aryl methyl sites for hydroxylation is 1. The lowest BCUT2D eigenvalue weighted by Gasteiger charge is -2.07. The van der Waals surface area contributed by atoms with Crippen LogP contribution in [0.3, 0.4) is 0 Å². The molecule has 0 saturated heterocycles. The molecular weight excluding hydrogens is 271 g/mol. The average Bonchev–Trinajstić information content (AvgIpc) is 2.48. The van der Waals surface area contributed by atoms with Gasteiger partial charge in [0, 0.05) is 5.56 Å². The Hall–Kier alpha value is -2.36. The molecule has 0 spiro atoms. The van der Waals surface area contributed by atoms with Crippen LogP contribution in [0.1, 0.15) is 17.5 Å². The number of hydrogen-bond acceptors (Lipinski definition) is 3. The molecule has 0 heterocycles. The van der Waals surface area contributed by atoms with Crippen molar-refractivity contribution in [3.63, 3.8) is 0 Å². The zero-order chi connectivity index (χ0) is 15.1. The van der Waals surface area contributed by atoms with Gasteiger partial charge in [-0.25, -0.2) is 4.39 Å².